The number of benzene rings is 1. The zero-order chi connectivity index (χ0) is 14.8. The number of halogens is 1. The van der Waals surface area contributed by atoms with E-state index in [9.17, 15) is 18.5 Å². The summed E-state index contributed by atoms with van der Waals surface area (Å²) in [6, 6.07) is 5.94. The molecule has 0 saturated heterocycles. The Hall–Kier alpha value is -1.14. The van der Waals surface area contributed by atoms with E-state index in [0.29, 0.717) is 6.42 Å². The molecule has 1 rings (SSSR count). The lowest BCUT2D eigenvalue weighted by Gasteiger charge is -2.28. The van der Waals surface area contributed by atoms with Crippen molar-refractivity contribution >= 4 is 27.1 Å². The quantitative estimate of drug-likeness (QED) is 0.476. The molecule has 106 valence electrons. The minimum atomic E-state index is -3.28. The van der Waals surface area contributed by atoms with Crippen LogP contribution >= 0.6 is 11.6 Å². The third kappa shape index (κ3) is 3.67. The van der Waals surface area contributed by atoms with Gasteiger partial charge >= 0.3 is 0 Å². The van der Waals surface area contributed by atoms with Crippen molar-refractivity contribution < 1.29 is 13.3 Å². The fourth-order valence-electron chi connectivity index (χ4n) is 1.44. The number of nitro groups is 1. The first kappa shape index (κ1) is 15.9. The lowest BCUT2D eigenvalue weighted by atomic mass is 10.0. The minimum absolute atomic E-state index is 0.00255. The summed E-state index contributed by atoms with van der Waals surface area (Å²) in [4.78, 5) is 10.0. The van der Waals surface area contributed by atoms with Gasteiger partial charge in [-0.15, -0.1) is 11.6 Å². The minimum Gasteiger partial charge on any atom is -0.258 e. The predicted octanol–water partition coefficient (Wildman–Crippen LogP) is 2.57. The Morgan fingerprint density at radius 1 is 1.32 bits per heavy atom. The summed E-state index contributed by atoms with van der Waals surface area (Å²) >= 11 is 6.18. The Morgan fingerprint density at radius 3 is 2.16 bits per heavy atom. The largest absolute Gasteiger partial charge is 0.269 e. The van der Waals surface area contributed by atoms with E-state index in [-0.39, 0.29) is 5.69 Å². The summed E-state index contributed by atoms with van der Waals surface area (Å²) in [5.41, 5.74) is 0.763. The third-order valence-electron chi connectivity index (χ3n) is 3.27. The van der Waals surface area contributed by atoms with Crippen LogP contribution in [0.5, 0.6) is 0 Å². The van der Waals surface area contributed by atoms with Crippen molar-refractivity contribution in [1.29, 1.82) is 0 Å². The second kappa shape index (κ2) is 5.46. The van der Waals surface area contributed by atoms with E-state index in [4.69, 9.17) is 11.6 Å². The zero-order valence-electron chi connectivity index (χ0n) is 11.0. The maximum Gasteiger partial charge on any atom is 0.269 e. The molecule has 0 saturated carbocycles. The lowest BCUT2D eigenvalue weighted by Crippen LogP contribution is -2.41. The molecule has 5 nitrogen and oxygen atoms in total. The number of alkyl halides is 1. The molecule has 0 aliphatic rings. The Labute approximate surface area is 117 Å². The van der Waals surface area contributed by atoms with Gasteiger partial charge in [0.15, 0.2) is 9.84 Å². The number of hydrogen-bond acceptors (Lipinski definition) is 4. The molecule has 1 atom stereocenters. The van der Waals surface area contributed by atoms with Crippen molar-refractivity contribution in [3.63, 3.8) is 0 Å². The molecule has 0 N–H and O–H groups in total. The SMILES string of the molecule is CC(C)(C(Cl)Cc1ccc([N+](=O)[O-])cc1)S(C)(=O)=O. The molecule has 0 heterocycles. The summed E-state index contributed by atoms with van der Waals surface area (Å²) in [7, 11) is -3.28. The molecule has 1 aromatic carbocycles. The highest BCUT2D eigenvalue weighted by atomic mass is 35.5. The van der Waals surface area contributed by atoms with Crippen LogP contribution in [0.15, 0.2) is 24.3 Å². The summed E-state index contributed by atoms with van der Waals surface area (Å²) in [6.45, 7) is 3.15. The summed E-state index contributed by atoms with van der Waals surface area (Å²) in [5.74, 6) is 0. The average molecular weight is 306 g/mol. The van der Waals surface area contributed by atoms with Crippen molar-refractivity contribution in [2.75, 3.05) is 6.26 Å². The van der Waals surface area contributed by atoms with E-state index in [1.807, 2.05) is 0 Å². The van der Waals surface area contributed by atoms with Crippen LogP contribution in [0.4, 0.5) is 5.69 Å². The zero-order valence-corrected chi connectivity index (χ0v) is 12.5. The van der Waals surface area contributed by atoms with Gasteiger partial charge in [0, 0.05) is 18.4 Å². The van der Waals surface area contributed by atoms with Crippen molar-refractivity contribution in [3.8, 4) is 0 Å². The predicted molar refractivity (Wildman–Crippen MR) is 75.4 cm³/mol. The van der Waals surface area contributed by atoms with Gasteiger partial charge in [0.25, 0.3) is 5.69 Å². The molecule has 7 heteroatoms. The molecule has 0 spiro atoms. The topological polar surface area (TPSA) is 77.3 Å². The first-order valence-corrected chi connectivity index (χ1v) is 7.95. The van der Waals surface area contributed by atoms with Gasteiger partial charge in [-0.3, -0.25) is 10.1 Å². The van der Waals surface area contributed by atoms with Crippen LogP contribution in [-0.4, -0.2) is 29.7 Å². The fourth-order valence-corrected chi connectivity index (χ4v) is 2.65. The van der Waals surface area contributed by atoms with Gasteiger partial charge in [0.2, 0.25) is 0 Å². The lowest BCUT2D eigenvalue weighted by molar-refractivity contribution is -0.384. The maximum absolute atomic E-state index is 11.7. The molecule has 0 amide bonds. The van der Waals surface area contributed by atoms with Crippen molar-refractivity contribution in [2.24, 2.45) is 0 Å². The molecule has 0 fully saturated rings. The molecule has 1 aromatic rings. The van der Waals surface area contributed by atoms with Crippen LogP contribution < -0.4 is 0 Å². The van der Waals surface area contributed by atoms with Crippen LogP contribution in [0.1, 0.15) is 19.4 Å². The van der Waals surface area contributed by atoms with Crippen LogP contribution in [0.25, 0.3) is 0 Å². The monoisotopic (exact) mass is 305 g/mol. The Morgan fingerprint density at radius 2 is 1.79 bits per heavy atom. The van der Waals surface area contributed by atoms with Gasteiger partial charge in [0.05, 0.1) is 15.0 Å². The first-order chi connectivity index (χ1) is 8.55. The smallest absolute Gasteiger partial charge is 0.258 e. The Bertz CT molecular complexity index is 566. The van der Waals surface area contributed by atoms with Gasteiger partial charge in [-0.2, -0.15) is 0 Å². The second-order valence-electron chi connectivity index (χ2n) is 4.97. The van der Waals surface area contributed by atoms with E-state index < -0.39 is 24.9 Å². The van der Waals surface area contributed by atoms with Gasteiger partial charge < -0.3 is 0 Å². The number of sulfone groups is 1. The normalized spacial score (nSPS) is 14.1. The van der Waals surface area contributed by atoms with Crippen LogP contribution in [0.2, 0.25) is 0 Å². The van der Waals surface area contributed by atoms with E-state index in [1.165, 1.54) is 12.1 Å². The Balaban J connectivity index is 2.88. The van der Waals surface area contributed by atoms with Crippen LogP contribution in [-0.2, 0) is 16.3 Å². The standard InChI is InChI=1S/C12H16ClNO4S/c1-12(2,19(3,17)18)11(13)8-9-4-6-10(7-5-9)14(15)16/h4-7,11H,8H2,1-3H3. The van der Waals surface area contributed by atoms with Crippen molar-refractivity contribution in [2.45, 2.75) is 30.4 Å². The van der Waals surface area contributed by atoms with Gasteiger partial charge in [-0.25, -0.2) is 8.42 Å². The number of rotatable bonds is 5. The first-order valence-electron chi connectivity index (χ1n) is 5.62. The van der Waals surface area contributed by atoms with Crippen LogP contribution in [0, 0.1) is 10.1 Å². The van der Waals surface area contributed by atoms with E-state index in [1.54, 1.807) is 26.0 Å². The summed E-state index contributed by atoms with van der Waals surface area (Å²) < 4.78 is 22.2. The molecule has 1 unspecified atom stereocenters. The highest BCUT2D eigenvalue weighted by molar-refractivity contribution is 7.92. The van der Waals surface area contributed by atoms with Gasteiger partial charge in [0.1, 0.15) is 0 Å². The van der Waals surface area contributed by atoms with E-state index in [2.05, 4.69) is 0 Å². The summed E-state index contributed by atoms with van der Waals surface area (Å²) in [5, 5.41) is 9.92. The van der Waals surface area contributed by atoms with Crippen molar-refractivity contribution in [1.82, 2.24) is 0 Å². The molecule has 0 radical (unpaired) electrons. The third-order valence-corrected chi connectivity index (χ3v) is 6.30. The molecular weight excluding hydrogens is 290 g/mol. The van der Waals surface area contributed by atoms with Gasteiger partial charge in [-0.1, -0.05) is 12.1 Å². The number of nitrogens with zero attached hydrogens (tertiary/aromatic N) is 1. The average Bonchev–Trinajstić information content (AvgIpc) is 2.28. The van der Waals surface area contributed by atoms with Gasteiger partial charge in [-0.05, 0) is 25.8 Å². The fraction of sp³-hybridized carbons (Fsp3) is 0.500. The highest BCUT2D eigenvalue weighted by Gasteiger charge is 2.37. The number of non-ortho nitro benzene ring substituents is 1. The molecule has 0 aliphatic carbocycles. The number of nitro benzene ring substituents is 1. The number of hydrogen-bond donors (Lipinski definition) is 0. The molecule has 0 aromatic heterocycles. The maximum atomic E-state index is 11.7. The summed E-state index contributed by atoms with van der Waals surface area (Å²) in [6.07, 6.45) is 1.48. The van der Waals surface area contributed by atoms with E-state index >= 15 is 0 Å². The van der Waals surface area contributed by atoms with Crippen molar-refractivity contribution in [3.05, 3.63) is 39.9 Å². The second-order valence-corrected chi connectivity index (χ2v) is 8.09. The van der Waals surface area contributed by atoms with E-state index in [0.717, 1.165) is 11.8 Å². The molecule has 0 aliphatic heterocycles. The van der Waals surface area contributed by atoms with Crippen LogP contribution in [0.3, 0.4) is 0 Å². The molecule has 0 bridgehead atoms. The Kier molecular flexibility index (Phi) is 4.58. The molecular formula is C12H16ClNO4S. The molecule has 19 heavy (non-hydrogen) atoms. The highest BCUT2D eigenvalue weighted by Crippen LogP contribution is 2.28.